The Hall–Kier alpha value is -2.24. The highest BCUT2D eigenvalue weighted by molar-refractivity contribution is 5.95. The molecule has 26 heavy (non-hydrogen) atoms. The van der Waals surface area contributed by atoms with E-state index in [2.05, 4.69) is 12.1 Å². The lowest BCUT2D eigenvalue weighted by atomic mass is 9.95. The zero-order valence-corrected chi connectivity index (χ0v) is 15.9. The van der Waals surface area contributed by atoms with Gasteiger partial charge in [-0.2, -0.15) is 0 Å². The molecule has 1 amide bonds. The van der Waals surface area contributed by atoms with E-state index in [4.69, 9.17) is 15.2 Å². The Balaban J connectivity index is 0.00000243. The molecule has 1 fully saturated rings. The van der Waals surface area contributed by atoms with Gasteiger partial charge in [-0.05, 0) is 30.7 Å². The molecule has 1 aliphatic heterocycles. The van der Waals surface area contributed by atoms with E-state index < -0.39 is 0 Å². The maximum absolute atomic E-state index is 12.9. The van der Waals surface area contributed by atoms with Gasteiger partial charge in [-0.25, -0.2) is 0 Å². The topological polar surface area (TPSA) is 64.8 Å². The highest BCUT2D eigenvalue weighted by Gasteiger charge is 2.34. The molecule has 140 valence electrons. The fraction of sp³-hybridized carbons (Fsp3) is 0.350. The van der Waals surface area contributed by atoms with E-state index in [1.54, 1.807) is 25.3 Å². The molecule has 0 bridgehead atoms. The number of amides is 1. The van der Waals surface area contributed by atoms with Gasteiger partial charge in [0.1, 0.15) is 0 Å². The third-order valence-corrected chi connectivity index (χ3v) is 4.59. The van der Waals surface area contributed by atoms with E-state index in [1.807, 2.05) is 30.0 Å². The molecule has 0 spiro atoms. The van der Waals surface area contributed by atoms with Crippen LogP contribution in [0.1, 0.15) is 28.8 Å². The summed E-state index contributed by atoms with van der Waals surface area (Å²) in [5.41, 5.74) is 8.06. The highest BCUT2D eigenvalue weighted by Crippen LogP contribution is 2.31. The number of hydrogen-bond acceptors (Lipinski definition) is 4. The Morgan fingerprint density at radius 2 is 1.88 bits per heavy atom. The molecule has 1 heterocycles. The number of nitrogens with two attached hydrogens (primary N) is 1. The molecule has 2 aromatic rings. The lowest BCUT2D eigenvalue weighted by Crippen LogP contribution is -2.32. The molecule has 2 N–H and O–H groups in total. The van der Waals surface area contributed by atoms with Crippen molar-refractivity contribution in [2.45, 2.75) is 18.9 Å². The van der Waals surface area contributed by atoms with Crippen molar-refractivity contribution in [3.8, 4) is 11.5 Å². The van der Waals surface area contributed by atoms with E-state index in [0.29, 0.717) is 36.8 Å². The maximum atomic E-state index is 12.9. The number of carbonyl (C=O) groups is 1. The SMILES string of the molecule is CCOc1ccc(C(=O)N2C[C@@H](N)[C@H](c3ccccc3)C2)cc1OC.Cl. The summed E-state index contributed by atoms with van der Waals surface area (Å²) in [6, 6.07) is 15.4. The standard InChI is InChI=1S/C20H24N2O3.ClH/c1-3-25-18-10-9-15(11-19(18)24-2)20(23)22-12-16(17(21)13-22)14-7-5-4-6-8-14;/h4-11,16-17H,3,12-13,21H2,1-2H3;1H/t16-,17+;/m0./s1. The van der Waals surface area contributed by atoms with Gasteiger partial charge in [0, 0.05) is 30.6 Å². The number of hydrogen-bond donors (Lipinski definition) is 1. The molecular formula is C20H25ClN2O3. The molecule has 0 aromatic heterocycles. The summed E-state index contributed by atoms with van der Waals surface area (Å²) in [4.78, 5) is 14.7. The van der Waals surface area contributed by atoms with Crippen molar-refractivity contribution >= 4 is 18.3 Å². The number of rotatable bonds is 5. The molecule has 5 nitrogen and oxygen atoms in total. The molecule has 1 saturated heterocycles. The van der Waals surface area contributed by atoms with Gasteiger partial charge in [0.2, 0.25) is 0 Å². The van der Waals surface area contributed by atoms with Crippen LogP contribution < -0.4 is 15.2 Å². The summed E-state index contributed by atoms with van der Waals surface area (Å²) in [5, 5.41) is 0. The first-order valence-corrected chi connectivity index (χ1v) is 8.54. The third-order valence-electron chi connectivity index (χ3n) is 4.59. The summed E-state index contributed by atoms with van der Waals surface area (Å²) >= 11 is 0. The Morgan fingerprint density at radius 3 is 2.54 bits per heavy atom. The predicted molar refractivity (Wildman–Crippen MR) is 104 cm³/mol. The first kappa shape index (κ1) is 20.1. The van der Waals surface area contributed by atoms with Gasteiger partial charge in [0.05, 0.1) is 13.7 Å². The van der Waals surface area contributed by atoms with E-state index in [0.717, 1.165) is 0 Å². The van der Waals surface area contributed by atoms with Crippen molar-refractivity contribution in [2.75, 3.05) is 26.8 Å². The first-order chi connectivity index (χ1) is 12.1. The molecule has 0 radical (unpaired) electrons. The number of carbonyl (C=O) groups excluding carboxylic acids is 1. The number of benzene rings is 2. The zero-order chi connectivity index (χ0) is 17.8. The van der Waals surface area contributed by atoms with Crippen molar-refractivity contribution in [3.05, 3.63) is 59.7 Å². The monoisotopic (exact) mass is 376 g/mol. The average molecular weight is 377 g/mol. The number of likely N-dealkylation sites (tertiary alicyclic amines) is 1. The van der Waals surface area contributed by atoms with Crippen LogP contribution in [0.15, 0.2) is 48.5 Å². The quantitative estimate of drug-likeness (QED) is 0.870. The highest BCUT2D eigenvalue weighted by atomic mass is 35.5. The van der Waals surface area contributed by atoms with E-state index in [-0.39, 0.29) is 30.3 Å². The second-order valence-electron chi connectivity index (χ2n) is 6.19. The van der Waals surface area contributed by atoms with E-state index in [1.165, 1.54) is 5.56 Å². The van der Waals surface area contributed by atoms with Crippen LogP contribution in [-0.2, 0) is 0 Å². The maximum Gasteiger partial charge on any atom is 0.254 e. The lowest BCUT2D eigenvalue weighted by molar-refractivity contribution is 0.0788. The summed E-state index contributed by atoms with van der Waals surface area (Å²) in [5.74, 6) is 1.34. The van der Waals surface area contributed by atoms with Crippen molar-refractivity contribution in [1.82, 2.24) is 4.90 Å². The van der Waals surface area contributed by atoms with Crippen LogP contribution in [-0.4, -0.2) is 43.7 Å². The largest absolute Gasteiger partial charge is 0.493 e. The normalized spacial score (nSPS) is 19.0. The van der Waals surface area contributed by atoms with Crippen molar-refractivity contribution < 1.29 is 14.3 Å². The third kappa shape index (κ3) is 4.11. The predicted octanol–water partition coefficient (Wildman–Crippen LogP) is 3.08. The second kappa shape index (κ2) is 8.92. The molecule has 1 aliphatic rings. The van der Waals surface area contributed by atoms with Crippen LogP contribution in [0.3, 0.4) is 0 Å². The van der Waals surface area contributed by atoms with Gasteiger partial charge in [-0.1, -0.05) is 30.3 Å². The van der Waals surface area contributed by atoms with Crippen LogP contribution in [0.2, 0.25) is 0 Å². The fourth-order valence-electron chi connectivity index (χ4n) is 3.31. The summed E-state index contributed by atoms with van der Waals surface area (Å²) in [6.07, 6.45) is 0. The summed E-state index contributed by atoms with van der Waals surface area (Å²) < 4.78 is 10.9. The van der Waals surface area contributed by atoms with E-state index in [9.17, 15) is 4.79 Å². The second-order valence-corrected chi connectivity index (χ2v) is 6.19. The van der Waals surface area contributed by atoms with Crippen LogP contribution in [0.5, 0.6) is 11.5 Å². The van der Waals surface area contributed by atoms with Crippen LogP contribution in [0, 0.1) is 0 Å². The van der Waals surface area contributed by atoms with Gasteiger partial charge in [-0.15, -0.1) is 12.4 Å². The van der Waals surface area contributed by atoms with E-state index >= 15 is 0 Å². The van der Waals surface area contributed by atoms with Crippen LogP contribution in [0.25, 0.3) is 0 Å². The van der Waals surface area contributed by atoms with Crippen LogP contribution in [0.4, 0.5) is 0 Å². The number of methoxy groups -OCH3 is 1. The minimum Gasteiger partial charge on any atom is -0.493 e. The van der Waals surface area contributed by atoms with Crippen molar-refractivity contribution in [2.24, 2.45) is 5.73 Å². The minimum absolute atomic E-state index is 0. The Morgan fingerprint density at radius 1 is 1.15 bits per heavy atom. The molecule has 0 saturated carbocycles. The smallest absolute Gasteiger partial charge is 0.254 e. The van der Waals surface area contributed by atoms with Crippen molar-refractivity contribution in [1.29, 1.82) is 0 Å². The molecule has 6 heteroatoms. The molecule has 2 atom stereocenters. The average Bonchev–Trinajstić information content (AvgIpc) is 3.04. The Labute approximate surface area is 160 Å². The molecule has 0 aliphatic carbocycles. The fourth-order valence-corrected chi connectivity index (χ4v) is 3.31. The van der Waals surface area contributed by atoms with Crippen molar-refractivity contribution in [3.63, 3.8) is 0 Å². The first-order valence-electron chi connectivity index (χ1n) is 8.54. The lowest BCUT2D eigenvalue weighted by Gasteiger charge is -2.18. The van der Waals surface area contributed by atoms with Crippen LogP contribution >= 0.6 is 12.4 Å². The summed E-state index contributed by atoms with van der Waals surface area (Å²) in [6.45, 7) is 3.63. The number of nitrogens with zero attached hydrogens (tertiary/aromatic N) is 1. The molecular weight excluding hydrogens is 352 g/mol. The van der Waals surface area contributed by atoms with Gasteiger partial charge < -0.3 is 20.1 Å². The molecule has 0 unspecified atom stereocenters. The Bertz CT molecular complexity index is 739. The summed E-state index contributed by atoms with van der Waals surface area (Å²) in [7, 11) is 1.57. The Kier molecular flexibility index (Phi) is 6.89. The number of ether oxygens (including phenoxy) is 2. The molecule has 2 aromatic carbocycles. The molecule has 3 rings (SSSR count). The number of halogens is 1. The van der Waals surface area contributed by atoms with Gasteiger partial charge in [0.15, 0.2) is 11.5 Å². The van der Waals surface area contributed by atoms with Gasteiger partial charge >= 0.3 is 0 Å². The van der Waals surface area contributed by atoms with Gasteiger partial charge in [-0.3, -0.25) is 4.79 Å². The van der Waals surface area contributed by atoms with Gasteiger partial charge in [0.25, 0.3) is 5.91 Å². The zero-order valence-electron chi connectivity index (χ0n) is 15.1. The minimum atomic E-state index is -0.0593.